The van der Waals surface area contributed by atoms with Crippen LogP contribution >= 0.6 is 11.8 Å². The van der Waals surface area contributed by atoms with Gasteiger partial charge in [-0.1, -0.05) is 13.3 Å². The second kappa shape index (κ2) is 9.25. The van der Waals surface area contributed by atoms with E-state index in [0.717, 1.165) is 18.6 Å². The standard InChI is InChI=1S/C14H19NO4S/c1-2-3-8-20-10-13(16)15-11-4-6-12(7-5-11)19-9-14(17)18/h4-7H,2-3,8-10H2,1H3,(H,15,16)(H,17,18). The highest BCUT2D eigenvalue weighted by molar-refractivity contribution is 7.99. The molecule has 0 aliphatic rings. The molecule has 6 heteroatoms. The molecule has 0 saturated carbocycles. The molecule has 5 nitrogen and oxygen atoms in total. The smallest absolute Gasteiger partial charge is 0.341 e. The van der Waals surface area contributed by atoms with Crippen molar-refractivity contribution in [3.05, 3.63) is 24.3 Å². The van der Waals surface area contributed by atoms with Gasteiger partial charge in [-0.15, -0.1) is 0 Å². The Morgan fingerprint density at radius 2 is 2.00 bits per heavy atom. The summed E-state index contributed by atoms with van der Waals surface area (Å²) in [5.74, 6) is 0.836. The zero-order valence-corrected chi connectivity index (χ0v) is 12.2. The number of hydrogen-bond donors (Lipinski definition) is 2. The van der Waals surface area contributed by atoms with E-state index in [2.05, 4.69) is 12.2 Å². The van der Waals surface area contributed by atoms with E-state index < -0.39 is 5.97 Å². The van der Waals surface area contributed by atoms with Crippen LogP contribution in [0.2, 0.25) is 0 Å². The first kappa shape index (κ1) is 16.4. The molecule has 0 radical (unpaired) electrons. The molecule has 0 aliphatic carbocycles. The number of amides is 1. The van der Waals surface area contributed by atoms with Gasteiger partial charge in [0, 0.05) is 5.69 Å². The number of ether oxygens (including phenoxy) is 1. The van der Waals surface area contributed by atoms with Crippen LogP contribution in [0.1, 0.15) is 19.8 Å². The van der Waals surface area contributed by atoms with E-state index in [1.54, 1.807) is 36.0 Å². The summed E-state index contributed by atoms with van der Waals surface area (Å²) in [6.45, 7) is 1.74. The molecular weight excluding hydrogens is 278 g/mol. The molecule has 2 N–H and O–H groups in total. The summed E-state index contributed by atoms with van der Waals surface area (Å²) in [6.07, 6.45) is 2.25. The SMILES string of the molecule is CCCCSCC(=O)Nc1ccc(OCC(=O)O)cc1. The number of nitrogens with one attached hydrogen (secondary N) is 1. The highest BCUT2D eigenvalue weighted by Crippen LogP contribution is 2.16. The van der Waals surface area contributed by atoms with Crippen molar-refractivity contribution in [1.82, 2.24) is 0 Å². The number of carbonyl (C=O) groups excluding carboxylic acids is 1. The van der Waals surface area contributed by atoms with Crippen molar-refractivity contribution in [2.45, 2.75) is 19.8 Å². The lowest BCUT2D eigenvalue weighted by Crippen LogP contribution is -2.14. The normalized spacial score (nSPS) is 10.1. The van der Waals surface area contributed by atoms with Gasteiger partial charge in [0.1, 0.15) is 5.75 Å². The number of anilines is 1. The van der Waals surface area contributed by atoms with E-state index in [-0.39, 0.29) is 12.5 Å². The Labute approximate surface area is 122 Å². The zero-order chi connectivity index (χ0) is 14.8. The summed E-state index contributed by atoms with van der Waals surface area (Å²) in [4.78, 5) is 22.0. The number of unbranched alkanes of at least 4 members (excludes halogenated alkanes) is 1. The summed E-state index contributed by atoms with van der Waals surface area (Å²) in [7, 11) is 0. The molecular formula is C14H19NO4S. The minimum absolute atomic E-state index is 0.0368. The van der Waals surface area contributed by atoms with Crippen LogP contribution in [0.3, 0.4) is 0 Å². The van der Waals surface area contributed by atoms with Gasteiger partial charge in [-0.3, -0.25) is 4.79 Å². The lowest BCUT2D eigenvalue weighted by molar-refractivity contribution is -0.139. The van der Waals surface area contributed by atoms with Crippen LogP contribution in [0.25, 0.3) is 0 Å². The van der Waals surface area contributed by atoms with E-state index >= 15 is 0 Å². The molecule has 1 aromatic carbocycles. The molecule has 0 fully saturated rings. The average Bonchev–Trinajstić information content (AvgIpc) is 2.43. The molecule has 0 spiro atoms. The zero-order valence-electron chi connectivity index (χ0n) is 11.4. The molecule has 0 bridgehead atoms. The Morgan fingerprint density at radius 1 is 1.30 bits per heavy atom. The number of carboxylic acids is 1. The van der Waals surface area contributed by atoms with Crippen LogP contribution in [-0.4, -0.2) is 35.1 Å². The predicted octanol–water partition coefficient (Wildman–Crippen LogP) is 2.62. The van der Waals surface area contributed by atoms with Gasteiger partial charge in [0.2, 0.25) is 5.91 Å². The molecule has 20 heavy (non-hydrogen) atoms. The Hall–Kier alpha value is -1.69. The second-order valence-electron chi connectivity index (χ2n) is 4.16. The maximum Gasteiger partial charge on any atom is 0.341 e. The van der Waals surface area contributed by atoms with E-state index in [1.165, 1.54) is 0 Å². The summed E-state index contributed by atoms with van der Waals surface area (Å²) in [5, 5.41) is 11.3. The van der Waals surface area contributed by atoms with Gasteiger partial charge in [-0.25, -0.2) is 4.79 Å². The van der Waals surface area contributed by atoms with Crippen LogP contribution in [0.5, 0.6) is 5.75 Å². The fourth-order valence-corrected chi connectivity index (χ4v) is 2.28. The number of thioether (sulfide) groups is 1. The lowest BCUT2D eigenvalue weighted by atomic mass is 10.3. The quantitative estimate of drug-likeness (QED) is 0.685. The monoisotopic (exact) mass is 297 g/mol. The van der Waals surface area contributed by atoms with E-state index in [0.29, 0.717) is 17.2 Å². The van der Waals surface area contributed by atoms with Crippen LogP contribution in [0, 0.1) is 0 Å². The lowest BCUT2D eigenvalue weighted by Gasteiger charge is -2.07. The number of rotatable bonds is 9. The fraction of sp³-hybridized carbons (Fsp3) is 0.429. The van der Waals surface area contributed by atoms with Gasteiger partial charge in [-0.05, 0) is 36.4 Å². The molecule has 0 heterocycles. The maximum absolute atomic E-state index is 11.6. The molecule has 110 valence electrons. The fourth-order valence-electron chi connectivity index (χ4n) is 1.39. The average molecular weight is 297 g/mol. The minimum atomic E-state index is -1.02. The van der Waals surface area contributed by atoms with Gasteiger partial charge in [0.25, 0.3) is 0 Å². The largest absolute Gasteiger partial charge is 0.482 e. The third-order valence-corrected chi connectivity index (χ3v) is 3.42. The van der Waals surface area contributed by atoms with Gasteiger partial charge >= 0.3 is 5.97 Å². The number of carbonyl (C=O) groups is 2. The van der Waals surface area contributed by atoms with Crippen LogP contribution in [-0.2, 0) is 9.59 Å². The molecule has 1 aromatic rings. The van der Waals surface area contributed by atoms with Crippen LogP contribution < -0.4 is 10.1 Å². The predicted molar refractivity (Wildman–Crippen MR) is 80.4 cm³/mol. The minimum Gasteiger partial charge on any atom is -0.482 e. The van der Waals surface area contributed by atoms with Crippen LogP contribution in [0.15, 0.2) is 24.3 Å². The first-order chi connectivity index (χ1) is 9.61. The molecule has 0 aromatic heterocycles. The Balaban J connectivity index is 2.33. The first-order valence-corrected chi connectivity index (χ1v) is 7.59. The second-order valence-corrected chi connectivity index (χ2v) is 5.27. The number of hydrogen-bond acceptors (Lipinski definition) is 4. The Kier molecular flexibility index (Phi) is 7.57. The maximum atomic E-state index is 11.6. The Morgan fingerprint density at radius 3 is 2.60 bits per heavy atom. The summed E-state index contributed by atoms with van der Waals surface area (Å²) in [6, 6.07) is 6.63. The van der Waals surface area contributed by atoms with Gasteiger partial charge in [0.15, 0.2) is 6.61 Å². The molecule has 0 atom stereocenters. The van der Waals surface area contributed by atoms with Gasteiger partial charge in [0.05, 0.1) is 5.75 Å². The summed E-state index contributed by atoms with van der Waals surface area (Å²) in [5.41, 5.74) is 0.675. The molecule has 1 rings (SSSR count). The van der Waals surface area contributed by atoms with Gasteiger partial charge in [-0.2, -0.15) is 11.8 Å². The number of aliphatic carboxylic acids is 1. The Bertz CT molecular complexity index is 433. The topological polar surface area (TPSA) is 75.6 Å². The third-order valence-electron chi connectivity index (χ3n) is 2.38. The third kappa shape index (κ3) is 7.04. The first-order valence-electron chi connectivity index (χ1n) is 6.44. The summed E-state index contributed by atoms with van der Waals surface area (Å²) < 4.78 is 5.00. The van der Waals surface area contributed by atoms with E-state index in [9.17, 15) is 9.59 Å². The van der Waals surface area contributed by atoms with Crippen molar-refractivity contribution in [3.63, 3.8) is 0 Å². The van der Waals surface area contributed by atoms with Crippen molar-refractivity contribution in [1.29, 1.82) is 0 Å². The highest BCUT2D eigenvalue weighted by Gasteiger charge is 2.03. The van der Waals surface area contributed by atoms with Crippen LogP contribution in [0.4, 0.5) is 5.69 Å². The number of carboxylic acid groups (broad SMARTS) is 1. The molecule has 0 unspecified atom stereocenters. The summed E-state index contributed by atoms with van der Waals surface area (Å²) >= 11 is 1.62. The van der Waals surface area contributed by atoms with Crippen molar-refractivity contribution < 1.29 is 19.4 Å². The van der Waals surface area contributed by atoms with E-state index in [4.69, 9.17) is 9.84 Å². The van der Waals surface area contributed by atoms with Gasteiger partial charge < -0.3 is 15.2 Å². The van der Waals surface area contributed by atoms with Crippen molar-refractivity contribution >= 4 is 29.3 Å². The van der Waals surface area contributed by atoms with Crippen molar-refractivity contribution in [3.8, 4) is 5.75 Å². The molecule has 0 saturated heterocycles. The highest BCUT2D eigenvalue weighted by atomic mass is 32.2. The molecule has 1 amide bonds. The number of benzene rings is 1. The van der Waals surface area contributed by atoms with E-state index in [1.807, 2.05) is 0 Å². The molecule has 0 aliphatic heterocycles. The van der Waals surface area contributed by atoms with Crippen molar-refractivity contribution in [2.24, 2.45) is 0 Å². The van der Waals surface area contributed by atoms with Crippen molar-refractivity contribution in [2.75, 3.05) is 23.4 Å².